The van der Waals surface area contributed by atoms with Crippen LogP contribution in [0.4, 0.5) is 4.39 Å². The van der Waals surface area contributed by atoms with Crippen molar-refractivity contribution in [3.63, 3.8) is 0 Å². The largest absolute Gasteiger partial charge is 0.492 e. The predicted molar refractivity (Wildman–Crippen MR) is 100 cm³/mol. The Labute approximate surface area is 165 Å². The van der Waals surface area contributed by atoms with Gasteiger partial charge >= 0.3 is 5.97 Å². The van der Waals surface area contributed by atoms with Gasteiger partial charge in [-0.05, 0) is 42.8 Å². The summed E-state index contributed by atoms with van der Waals surface area (Å²) in [5, 5.41) is 8.36. The fraction of sp³-hybridized carbons (Fsp3) is 0.263. The van der Waals surface area contributed by atoms with Gasteiger partial charge in [0.05, 0.1) is 25.6 Å². The number of methoxy groups -OCH3 is 1. The molecule has 0 amide bonds. The number of ether oxygens (including phenoxy) is 2. The molecule has 9 heteroatoms. The molecule has 28 heavy (non-hydrogen) atoms. The van der Waals surface area contributed by atoms with Crippen LogP contribution in [0.2, 0.25) is 0 Å². The van der Waals surface area contributed by atoms with Gasteiger partial charge in [-0.3, -0.25) is 9.78 Å². The lowest BCUT2D eigenvalue weighted by atomic mass is 10.2. The molecule has 7 nitrogen and oxygen atoms in total. The first kappa shape index (κ1) is 19.8. The molecule has 0 saturated carbocycles. The Balaban J connectivity index is 1.46. The number of hydrogen-bond acceptors (Lipinski definition) is 8. The van der Waals surface area contributed by atoms with E-state index >= 15 is 0 Å². The highest BCUT2D eigenvalue weighted by molar-refractivity contribution is 7.98. The second-order valence-electron chi connectivity index (χ2n) is 5.68. The lowest BCUT2D eigenvalue weighted by Crippen LogP contribution is -2.04. The Morgan fingerprint density at radius 3 is 2.71 bits per heavy atom. The summed E-state index contributed by atoms with van der Waals surface area (Å²) in [5.74, 6) is 0.951. The van der Waals surface area contributed by atoms with Gasteiger partial charge in [-0.25, -0.2) is 4.39 Å². The Hall–Kier alpha value is -2.94. The molecule has 0 spiro atoms. The third-order valence-electron chi connectivity index (χ3n) is 3.66. The number of thioether (sulfide) groups is 1. The van der Waals surface area contributed by atoms with Crippen molar-refractivity contribution in [2.45, 2.75) is 23.8 Å². The van der Waals surface area contributed by atoms with Crippen LogP contribution in [-0.2, 0) is 15.3 Å². The molecule has 0 aliphatic rings. The smallest absolute Gasteiger partial charge is 0.305 e. The predicted octanol–water partition coefficient (Wildman–Crippen LogP) is 3.90. The van der Waals surface area contributed by atoms with Crippen LogP contribution in [0.25, 0.3) is 11.5 Å². The Bertz CT molecular complexity index is 900. The van der Waals surface area contributed by atoms with E-state index in [0.717, 1.165) is 5.69 Å². The molecular formula is C19H18FN3O4S. The minimum Gasteiger partial charge on any atom is -0.492 e. The quantitative estimate of drug-likeness (QED) is 0.302. The summed E-state index contributed by atoms with van der Waals surface area (Å²) in [7, 11) is 1.36. The summed E-state index contributed by atoms with van der Waals surface area (Å²) >= 11 is 1.36. The summed E-state index contributed by atoms with van der Waals surface area (Å²) in [6.45, 7) is 0.416. The van der Waals surface area contributed by atoms with E-state index in [1.807, 2.05) is 12.1 Å². The zero-order valence-electron chi connectivity index (χ0n) is 15.1. The molecule has 3 aromatic rings. The molecule has 0 saturated heterocycles. The fourth-order valence-corrected chi connectivity index (χ4v) is 2.88. The van der Waals surface area contributed by atoms with Crippen molar-refractivity contribution in [1.29, 1.82) is 0 Å². The molecule has 0 aliphatic carbocycles. The van der Waals surface area contributed by atoms with Crippen molar-refractivity contribution in [1.82, 2.24) is 15.2 Å². The summed E-state index contributed by atoms with van der Waals surface area (Å²) in [5.41, 5.74) is 1.49. The molecule has 2 heterocycles. The van der Waals surface area contributed by atoms with Crippen LogP contribution in [0.1, 0.15) is 18.5 Å². The van der Waals surface area contributed by atoms with Gasteiger partial charge in [-0.1, -0.05) is 11.8 Å². The van der Waals surface area contributed by atoms with Crippen molar-refractivity contribution < 1.29 is 23.1 Å². The van der Waals surface area contributed by atoms with E-state index in [1.165, 1.54) is 31.0 Å². The minimum atomic E-state index is -0.320. The van der Waals surface area contributed by atoms with Gasteiger partial charge in [0, 0.05) is 17.7 Å². The highest BCUT2D eigenvalue weighted by Gasteiger charge is 2.10. The lowest BCUT2D eigenvalue weighted by molar-refractivity contribution is -0.140. The first-order valence-corrected chi connectivity index (χ1v) is 9.49. The number of pyridine rings is 1. The lowest BCUT2D eigenvalue weighted by Gasteiger charge is -2.06. The number of nitrogens with zero attached hydrogens (tertiary/aromatic N) is 3. The molecule has 0 radical (unpaired) electrons. The van der Waals surface area contributed by atoms with Crippen LogP contribution in [0, 0.1) is 5.82 Å². The van der Waals surface area contributed by atoms with Gasteiger partial charge in [0.15, 0.2) is 0 Å². The molecule has 0 aliphatic heterocycles. The van der Waals surface area contributed by atoms with Crippen LogP contribution >= 0.6 is 11.8 Å². The number of hydrogen-bond donors (Lipinski definition) is 0. The maximum Gasteiger partial charge on any atom is 0.305 e. The maximum absolute atomic E-state index is 13.0. The third-order valence-corrected chi connectivity index (χ3v) is 4.51. The van der Waals surface area contributed by atoms with E-state index in [4.69, 9.17) is 9.15 Å². The normalized spacial score (nSPS) is 10.6. The van der Waals surface area contributed by atoms with Crippen molar-refractivity contribution in [2.24, 2.45) is 0 Å². The Morgan fingerprint density at radius 2 is 2.00 bits per heavy atom. The molecule has 1 aromatic carbocycles. The molecule has 2 aromatic heterocycles. The molecule has 0 fully saturated rings. The number of carbonyl (C=O) groups excluding carboxylic acids is 1. The van der Waals surface area contributed by atoms with Crippen molar-refractivity contribution in [2.75, 3.05) is 13.7 Å². The molecule has 3 rings (SSSR count). The van der Waals surface area contributed by atoms with Gasteiger partial charge in [0.2, 0.25) is 5.89 Å². The molecular weight excluding hydrogens is 385 g/mol. The average Bonchev–Trinajstić information content (AvgIpc) is 3.20. The molecule has 0 bridgehead atoms. The Kier molecular flexibility index (Phi) is 6.96. The number of halogens is 1. The van der Waals surface area contributed by atoms with Crippen LogP contribution in [0.3, 0.4) is 0 Å². The van der Waals surface area contributed by atoms with Crippen LogP contribution in [0.15, 0.2) is 52.2 Å². The first-order chi connectivity index (χ1) is 13.6. The second kappa shape index (κ2) is 9.84. The van der Waals surface area contributed by atoms with Gasteiger partial charge in [-0.2, -0.15) is 0 Å². The van der Waals surface area contributed by atoms with E-state index in [9.17, 15) is 9.18 Å². The molecule has 0 N–H and O–H groups in total. The van der Waals surface area contributed by atoms with Crippen molar-refractivity contribution in [3.05, 3.63) is 54.1 Å². The second-order valence-corrected chi connectivity index (χ2v) is 6.61. The van der Waals surface area contributed by atoms with Crippen LogP contribution in [0.5, 0.6) is 5.75 Å². The van der Waals surface area contributed by atoms with E-state index in [1.54, 1.807) is 18.3 Å². The van der Waals surface area contributed by atoms with E-state index in [0.29, 0.717) is 47.6 Å². The standard InChI is InChI=1S/C19H18FN3O4S/c1-25-17(24)3-2-10-26-16-9-8-15(21-11-16)12-28-19-23-22-18(27-19)13-4-6-14(20)7-5-13/h4-9,11H,2-3,10,12H2,1H3. The van der Waals surface area contributed by atoms with Gasteiger partial charge in [0.25, 0.3) is 5.22 Å². The number of carbonyl (C=O) groups is 1. The molecule has 146 valence electrons. The number of esters is 1. The van der Waals surface area contributed by atoms with E-state index < -0.39 is 0 Å². The van der Waals surface area contributed by atoms with Crippen molar-refractivity contribution in [3.8, 4) is 17.2 Å². The highest BCUT2D eigenvalue weighted by Crippen LogP contribution is 2.25. The molecule has 0 unspecified atom stereocenters. The minimum absolute atomic E-state index is 0.252. The van der Waals surface area contributed by atoms with E-state index in [2.05, 4.69) is 19.9 Å². The topological polar surface area (TPSA) is 87.3 Å². The summed E-state index contributed by atoms with van der Waals surface area (Å²) < 4.78 is 28.7. The van der Waals surface area contributed by atoms with Crippen LogP contribution in [-0.4, -0.2) is 34.9 Å². The molecule has 0 atom stereocenters. The highest BCUT2D eigenvalue weighted by atomic mass is 32.2. The monoisotopic (exact) mass is 403 g/mol. The van der Waals surface area contributed by atoms with E-state index in [-0.39, 0.29) is 11.8 Å². The van der Waals surface area contributed by atoms with Gasteiger partial charge in [-0.15, -0.1) is 10.2 Å². The fourth-order valence-electron chi connectivity index (χ4n) is 2.20. The average molecular weight is 403 g/mol. The SMILES string of the molecule is COC(=O)CCCOc1ccc(CSc2nnc(-c3ccc(F)cc3)o2)nc1. The van der Waals surface area contributed by atoms with Crippen LogP contribution < -0.4 is 4.74 Å². The summed E-state index contributed by atoms with van der Waals surface area (Å²) in [4.78, 5) is 15.4. The first-order valence-electron chi connectivity index (χ1n) is 8.51. The number of rotatable bonds is 9. The zero-order valence-corrected chi connectivity index (χ0v) is 15.9. The summed E-state index contributed by atoms with van der Waals surface area (Å²) in [6.07, 6.45) is 2.53. The third kappa shape index (κ3) is 5.78. The summed E-state index contributed by atoms with van der Waals surface area (Å²) in [6, 6.07) is 9.52. The maximum atomic E-state index is 13.0. The zero-order chi connectivity index (χ0) is 19.8. The number of aromatic nitrogens is 3. The van der Waals surface area contributed by atoms with Gasteiger partial charge in [0.1, 0.15) is 11.6 Å². The van der Waals surface area contributed by atoms with Gasteiger partial charge < -0.3 is 13.9 Å². The Morgan fingerprint density at radius 1 is 1.18 bits per heavy atom. The van der Waals surface area contributed by atoms with Crippen molar-refractivity contribution >= 4 is 17.7 Å². The number of benzene rings is 1.